The number of amides is 2. The van der Waals surface area contributed by atoms with Gasteiger partial charge < -0.3 is 10.2 Å². The second kappa shape index (κ2) is 8.48. The van der Waals surface area contributed by atoms with Crippen molar-refractivity contribution in [3.8, 4) is 0 Å². The average molecular weight is 393 g/mol. The molecule has 27 heavy (non-hydrogen) atoms. The highest BCUT2D eigenvalue weighted by Crippen LogP contribution is 2.22. The van der Waals surface area contributed by atoms with Crippen LogP contribution in [0.5, 0.6) is 0 Å². The van der Waals surface area contributed by atoms with Crippen LogP contribution in [0.25, 0.3) is 0 Å². The van der Waals surface area contributed by atoms with Gasteiger partial charge in [0, 0.05) is 30.6 Å². The minimum Gasteiger partial charge on any atom is -0.352 e. The Kier molecular flexibility index (Phi) is 6.06. The zero-order valence-corrected chi connectivity index (χ0v) is 15.3. The van der Waals surface area contributed by atoms with Crippen LogP contribution >= 0.6 is 11.6 Å². The summed E-state index contributed by atoms with van der Waals surface area (Å²) >= 11 is 5.85. The van der Waals surface area contributed by atoms with Crippen molar-refractivity contribution in [1.82, 2.24) is 10.2 Å². The topological polar surface area (TPSA) is 49.4 Å². The highest BCUT2D eigenvalue weighted by Gasteiger charge is 2.28. The van der Waals surface area contributed by atoms with Crippen LogP contribution in [0.15, 0.2) is 42.5 Å². The van der Waals surface area contributed by atoms with Crippen molar-refractivity contribution < 1.29 is 18.4 Å². The lowest BCUT2D eigenvalue weighted by Gasteiger charge is -2.31. The number of hydrogen-bond donors (Lipinski definition) is 1. The maximum atomic E-state index is 13.9. The molecule has 1 heterocycles. The minimum atomic E-state index is -0.608. The van der Waals surface area contributed by atoms with Gasteiger partial charge in [-0.3, -0.25) is 9.59 Å². The Labute approximate surface area is 161 Å². The van der Waals surface area contributed by atoms with Gasteiger partial charge in [-0.2, -0.15) is 0 Å². The first kappa shape index (κ1) is 19.3. The summed E-state index contributed by atoms with van der Waals surface area (Å²) in [5.41, 5.74) is 0.760. The second-order valence-corrected chi connectivity index (χ2v) is 6.97. The normalized spacial score (nSPS) is 14.9. The molecule has 0 bridgehead atoms. The van der Waals surface area contributed by atoms with Gasteiger partial charge in [0.15, 0.2) is 0 Å². The van der Waals surface area contributed by atoms with Crippen molar-refractivity contribution in [1.29, 1.82) is 0 Å². The summed E-state index contributed by atoms with van der Waals surface area (Å²) in [7, 11) is 0. The molecule has 2 aromatic carbocycles. The molecule has 2 aromatic rings. The predicted molar refractivity (Wildman–Crippen MR) is 98.3 cm³/mol. The molecule has 0 spiro atoms. The molecule has 1 fully saturated rings. The number of carbonyl (C=O) groups is 2. The molecule has 0 radical (unpaired) electrons. The van der Waals surface area contributed by atoms with Gasteiger partial charge in [0.05, 0.1) is 5.56 Å². The number of likely N-dealkylation sites (tertiary alicyclic amines) is 1. The molecule has 0 atom stereocenters. The van der Waals surface area contributed by atoms with E-state index in [1.807, 2.05) is 0 Å². The largest absolute Gasteiger partial charge is 0.352 e. The van der Waals surface area contributed by atoms with Crippen LogP contribution in [-0.2, 0) is 11.3 Å². The van der Waals surface area contributed by atoms with Gasteiger partial charge >= 0.3 is 0 Å². The van der Waals surface area contributed by atoms with E-state index in [0.717, 1.165) is 5.56 Å². The van der Waals surface area contributed by atoms with E-state index >= 15 is 0 Å². The van der Waals surface area contributed by atoms with E-state index in [0.29, 0.717) is 37.5 Å². The van der Waals surface area contributed by atoms with Crippen LogP contribution in [0, 0.1) is 17.6 Å². The quantitative estimate of drug-likeness (QED) is 0.860. The molecule has 0 saturated carbocycles. The third kappa shape index (κ3) is 4.83. The summed E-state index contributed by atoms with van der Waals surface area (Å²) in [4.78, 5) is 26.3. The lowest BCUT2D eigenvalue weighted by Crippen LogP contribution is -2.43. The SMILES string of the molecule is O=C(NCc1ccc(F)cc1)C1CCN(C(=O)c2cc(Cl)ccc2F)CC1. The molecule has 4 nitrogen and oxygen atoms in total. The molecular formula is C20H19ClF2N2O2. The first-order valence-corrected chi connectivity index (χ1v) is 9.08. The van der Waals surface area contributed by atoms with Gasteiger partial charge in [0.25, 0.3) is 5.91 Å². The number of hydrogen-bond acceptors (Lipinski definition) is 2. The van der Waals surface area contributed by atoms with E-state index in [2.05, 4.69) is 5.32 Å². The molecule has 0 unspecified atom stereocenters. The lowest BCUT2D eigenvalue weighted by molar-refractivity contribution is -0.126. The molecule has 1 aliphatic heterocycles. The Balaban J connectivity index is 1.52. The first-order valence-electron chi connectivity index (χ1n) is 8.70. The Morgan fingerprint density at radius 2 is 1.74 bits per heavy atom. The maximum Gasteiger partial charge on any atom is 0.256 e. The molecule has 142 valence electrons. The van der Waals surface area contributed by atoms with Crippen LogP contribution in [0.2, 0.25) is 5.02 Å². The Bertz CT molecular complexity index is 834. The molecule has 1 aliphatic rings. The molecule has 0 aliphatic carbocycles. The van der Waals surface area contributed by atoms with Crippen molar-refractivity contribution in [3.63, 3.8) is 0 Å². The van der Waals surface area contributed by atoms with Gasteiger partial charge in [-0.05, 0) is 48.7 Å². The summed E-state index contributed by atoms with van der Waals surface area (Å²) in [6.07, 6.45) is 1.01. The van der Waals surface area contributed by atoms with Crippen LogP contribution in [0.3, 0.4) is 0 Å². The van der Waals surface area contributed by atoms with E-state index in [4.69, 9.17) is 11.6 Å². The highest BCUT2D eigenvalue weighted by atomic mass is 35.5. The van der Waals surface area contributed by atoms with E-state index in [-0.39, 0.29) is 23.2 Å². The van der Waals surface area contributed by atoms with E-state index in [9.17, 15) is 18.4 Å². The first-order chi connectivity index (χ1) is 12.9. The third-order valence-corrected chi connectivity index (χ3v) is 4.93. The zero-order valence-electron chi connectivity index (χ0n) is 14.6. The van der Waals surface area contributed by atoms with Crippen molar-refractivity contribution >= 4 is 23.4 Å². The molecule has 1 saturated heterocycles. The van der Waals surface area contributed by atoms with Crippen molar-refractivity contribution in [2.45, 2.75) is 19.4 Å². The molecule has 3 rings (SSSR count). The smallest absolute Gasteiger partial charge is 0.256 e. The van der Waals surface area contributed by atoms with Gasteiger partial charge in [-0.1, -0.05) is 23.7 Å². The van der Waals surface area contributed by atoms with Crippen LogP contribution in [0.1, 0.15) is 28.8 Å². The Morgan fingerprint density at radius 1 is 1.07 bits per heavy atom. The number of nitrogens with zero attached hydrogens (tertiary/aromatic N) is 1. The minimum absolute atomic E-state index is 0.0540. The van der Waals surface area contributed by atoms with E-state index < -0.39 is 11.7 Å². The van der Waals surface area contributed by atoms with Gasteiger partial charge in [-0.15, -0.1) is 0 Å². The molecule has 0 aromatic heterocycles. The fraction of sp³-hybridized carbons (Fsp3) is 0.300. The van der Waals surface area contributed by atoms with Gasteiger partial charge in [-0.25, -0.2) is 8.78 Å². The predicted octanol–water partition coefficient (Wildman–Crippen LogP) is 3.79. The number of carbonyl (C=O) groups excluding carboxylic acids is 2. The van der Waals surface area contributed by atoms with Crippen LogP contribution in [-0.4, -0.2) is 29.8 Å². The fourth-order valence-corrected chi connectivity index (χ4v) is 3.28. The molecular weight excluding hydrogens is 374 g/mol. The van der Waals surface area contributed by atoms with Gasteiger partial charge in [0.1, 0.15) is 11.6 Å². The zero-order chi connectivity index (χ0) is 19.4. The number of nitrogens with one attached hydrogen (secondary N) is 1. The highest BCUT2D eigenvalue weighted by molar-refractivity contribution is 6.31. The Hall–Kier alpha value is -2.47. The van der Waals surface area contributed by atoms with Gasteiger partial charge in [0.2, 0.25) is 5.91 Å². The van der Waals surface area contributed by atoms with E-state index in [1.165, 1.54) is 30.3 Å². The van der Waals surface area contributed by atoms with Crippen molar-refractivity contribution in [2.24, 2.45) is 5.92 Å². The number of rotatable bonds is 4. The summed E-state index contributed by atoms with van der Waals surface area (Å²) in [5.74, 6) is -1.65. The fourth-order valence-electron chi connectivity index (χ4n) is 3.11. The van der Waals surface area contributed by atoms with E-state index in [1.54, 1.807) is 17.0 Å². The lowest BCUT2D eigenvalue weighted by atomic mass is 9.95. The number of piperidine rings is 1. The third-order valence-electron chi connectivity index (χ3n) is 4.69. The summed E-state index contributed by atoms with van der Waals surface area (Å²) < 4.78 is 26.8. The average Bonchev–Trinajstić information content (AvgIpc) is 2.69. The van der Waals surface area contributed by atoms with Crippen molar-refractivity contribution in [2.75, 3.05) is 13.1 Å². The summed E-state index contributed by atoms with van der Waals surface area (Å²) in [6, 6.07) is 9.82. The number of benzene rings is 2. The maximum absolute atomic E-state index is 13.9. The summed E-state index contributed by atoms with van der Waals surface area (Å²) in [5, 5.41) is 3.14. The molecule has 7 heteroatoms. The second-order valence-electron chi connectivity index (χ2n) is 6.53. The van der Waals surface area contributed by atoms with Crippen LogP contribution in [0.4, 0.5) is 8.78 Å². The summed E-state index contributed by atoms with van der Waals surface area (Å²) in [6.45, 7) is 1.07. The van der Waals surface area contributed by atoms with Crippen molar-refractivity contribution in [3.05, 3.63) is 70.2 Å². The molecule has 2 amide bonds. The van der Waals surface area contributed by atoms with Crippen LogP contribution < -0.4 is 5.32 Å². The molecule has 1 N–H and O–H groups in total. The number of halogens is 3. The Morgan fingerprint density at radius 3 is 2.41 bits per heavy atom. The standard InChI is InChI=1S/C20H19ClF2N2O2/c21-15-3-6-18(23)17(11-15)20(27)25-9-7-14(8-10-25)19(26)24-12-13-1-4-16(22)5-2-13/h1-6,11,14H,7-10,12H2,(H,24,26). The monoisotopic (exact) mass is 392 g/mol.